The summed E-state index contributed by atoms with van der Waals surface area (Å²) in [5.41, 5.74) is -0.0828. The number of benzene rings is 3. The molecule has 0 saturated heterocycles. The van der Waals surface area contributed by atoms with Crippen LogP contribution in [0.3, 0.4) is 0 Å². The molecule has 0 aromatic heterocycles. The predicted octanol–water partition coefficient (Wildman–Crippen LogP) is 4.30. The zero-order valence-electron chi connectivity index (χ0n) is 16.3. The van der Waals surface area contributed by atoms with E-state index in [0.29, 0.717) is 33.7 Å². The van der Waals surface area contributed by atoms with Crippen molar-refractivity contribution in [2.24, 2.45) is 0 Å². The van der Waals surface area contributed by atoms with E-state index in [0.717, 1.165) is 0 Å². The van der Waals surface area contributed by atoms with Gasteiger partial charge in [-0.1, -0.05) is 42.5 Å². The van der Waals surface area contributed by atoms with Crippen LogP contribution in [0.2, 0.25) is 0 Å². The number of rotatable bonds is 5. The van der Waals surface area contributed by atoms with Crippen molar-refractivity contribution < 1.29 is 19.2 Å². The minimum atomic E-state index is -1.73. The molecule has 0 heterocycles. The number of carbonyl (C=O) groups excluding carboxylic acids is 2. The van der Waals surface area contributed by atoms with E-state index in [1.54, 1.807) is 61.5 Å². The Morgan fingerprint density at radius 3 is 2.03 bits per heavy atom. The Hall–Kier alpha value is -4.00. The fraction of sp³-hybridized carbons (Fsp3) is 0.130. The number of nitrogens with one attached hydrogen (secondary N) is 1. The van der Waals surface area contributed by atoms with Crippen molar-refractivity contribution in [3.8, 4) is 5.75 Å². The van der Waals surface area contributed by atoms with Crippen molar-refractivity contribution in [2.45, 2.75) is 12.5 Å². The molecule has 1 aliphatic rings. The number of anilines is 1. The van der Waals surface area contributed by atoms with E-state index >= 15 is 0 Å². The molecule has 0 saturated carbocycles. The fourth-order valence-corrected chi connectivity index (χ4v) is 3.83. The molecule has 7 nitrogen and oxygen atoms in total. The van der Waals surface area contributed by atoms with Gasteiger partial charge in [0.05, 0.1) is 12.0 Å². The third-order valence-electron chi connectivity index (χ3n) is 5.44. The SMILES string of the molecule is COc1ccc(C2(Nc3cccc([N+](=O)[O-])c3C)C(=O)c3ccccc3C2=O)cc1. The number of nitro benzene ring substituents is 1. The molecule has 0 spiro atoms. The lowest BCUT2D eigenvalue weighted by Gasteiger charge is -2.29. The zero-order valence-corrected chi connectivity index (χ0v) is 16.3. The van der Waals surface area contributed by atoms with Crippen molar-refractivity contribution >= 4 is 22.9 Å². The van der Waals surface area contributed by atoms with Gasteiger partial charge in [0.2, 0.25) is 11.6 Å². The van der Waals surface area contributed by atoms with Crippen LogP contribution in [-0.2, 0) is 5.54 Å². The van der Waals surface area contributed by atoms with Gasteiger partial charge in [0, 0.05) is 28.4 Å². The maximum absolute atomic E-state index is 13.6. The number of nitro groups is 1. The molecule has 0 bridgehead atoms. The summed E-state index contributed by atoms with van der Waals surface area (Å²) >= 11 is 0. The first-order valence-electron chi connectivity index (χ1n) is 9.25. The summed E-state index contributed by atoms with van der Waals surface area (Å²) in [5, 5.41) is 14.4. The summed E-state index contributed by atoms with van der Waals surface area (Å²) in [4.78, 5) is 38.0. The fourth-order valence-electron chi connectivity index (χ4n) is 3.83. The van der Waals surface area contributed by atoms with Gasteiger partial charge in [0.1, 0.15) is 5.75 Å². The van der Waals surface area contributed by atoms with Gasteiger partial charge in [0.15, 0.2) is 5.54 Å². The van der Waals surface area contributed by atoms with Crippen LogP contribution >= 0.6 is 0 Å². The Balaban J connectivity index is 1.93. The summed E-state index contributed by atoms with van der Waals surface area (Å²) in [5.74, 6) is -0.228. The molecule has 0 aliphatic heterocycles. The number of ether oxygens (including phenoxy) is 1. The van der Waals surface area contributed by atoms with Crippen LogP contribution in [-0.4, -0.2) is 23.6 Å². The Morgan fingerprint density at radius 1 is 0.900 bits per heavy atom. The molecule has 3 aromatic rings. The molecule has 30 heavy (non-hydrogen) atoms. The Bertz CT molecular complexity index is 1150. The van der Waals surface area contributed by atoms with Crippen LogP contribution in [0.25, 0.3) is 0 Å². The van der Waals surface area contributed by atoms with Crippen molar-refractivity contribution in [1.82, 2.24) is 0 Å². The predicted molar refractivity (Wildman–Crippen MR) is 111 cm³/mol. The summed E-state index contributed by atoms with van der Waals surface area (Å²) in [6, 6.07) is 17.8. The monoisotopic (exact) mass is 402 g/mol. The molecule has 0 amide bonds. The molecule has 0 radical (unpaired) electrons. The average Bonchev–Trinajstić information content (AvgIpc) is 2.98. The first kappa shape index (κ1) is 19.3. The molecule has 4 rings (SSSR count). The van der Waals surface area contributed by atoms with Crippen LogP contribution < -0.4 is 10.1 Å². The number of Topliss-reactive ketones (excluding diaryl/α,β-unsaturated/α-hetero) is 2. The number of ketones is 2. The van der Waals surface area contributed by atoms with E-state index in [4.69, 9.17) is 4.74 Å². The first-order chi connectivity index (χ1) is 14.4. The van der Waals surface area contributed by atoms with E-state index in [-0.39, 0.29) is 5.69 Å². The summed E-state index contributed by atoms with van der Waals surface area (Å²) in [6.45, 7) is 1.58. The van der Waals surface area contributed by atoms with Crippen LogP contribution in [0.5, 0.6) is 5.75 Å². The molecular weight excluding hydrogens is 384 g/mol. The van der Waals surface area contributed by atoms with Crippen LogP contribution in [0.15, 0.2) is 66.7 Å². The smallest absolute Gasteiger partial charge is 0.274 e. The molecule has 0 fully saturated rings. The lowest BCUT2D eigenvalue weighted by molar-refractivity contribution is -0.385. The van der Waals surface area contributed by atoms with Crippen molar-refractivity contribution in [3.63, 3.8) is 0 Å². The number of hydrogen-bond acceptors (Lipinski definition) is 6. The molecule has 150 valence electrons. The number of carbonyl (C=O) groups is 2. The van der Waals surface area contributed by atoms with Gasteiger partial charge in [-0.25, -0.2) is 0 Å². The molecule has 0 unspecified atom stereocenters. The molecule has 1 N–H and O–H groups in total. The van der Waals surface area contributed by atoms with Crippen molar-refractivity contribution in [2.75, 3.05) is 12.4 Å². The second kappa shape index (κ2) is 7.11. The van der Waals surface area contributed by atoms with Gasteiger partial charge in [-0.05, 0) is 30.7 Å². The Labute approximate surface area is 172 Å². The molecule has 0 atom stereocenters. The molecular formula is C23H18N2O5. The van der Waals surface area contributed by atoms with Crippen LogP contribution in [0.1, 0.15) is 31.8 Å². The normalized spacial score (nSPS) is 14.3. The van der Waals surface area contributed by atoms with E-state index in [2.05, 4.69) is 5.32 Å². The van der Waals surface area contributed by atoms with E-state index in [1.807, 2.05) is 0 Å². The maximum atomic E-state index is 13.6. The maximum Gasteiger partial charge on any atom is 0.274 e. The first-order valence-corrected chi connectivity index (χ1v) is 9.25. The Kier molecular flexibility index (Phi) is 4.58. The van der Waals surface area contributed by atoms with Gasteiger partial charge in [-0.2, -0.15) is 0 Å². The van der Waals surface area contributed by atoms with Gasteiger partial charge in [-0.15, -0.1) is 0 Å². The topological polar surface area (TPSA) is 98.5 Å². The summed E-state index contributed by atoms with van der Waals surface area (Å²) in [7, 11) is 1.53. The molecule has 3 aromatic carbocycles. The lowest BCUT2D eigenvalue weighted by Crippen LogP contribution is -2.46. The quantitative estimate of drug-likeness (QED) is 0.388. The number of hydrogen-bond donors (Lipinski definition) is 1. The molecule has 1 aliphatic carbocycles. The summed E-state index contributed by atoms with van der Waals surface area (Å²) < 4.78 is 5.19. The van der Waals surface area contributed by atoms with Gasteiger partial charge < -0.3 is 10.1 Å². The minimum absolute atomic E-state index is 0.0970. The standard InChI is InChI=1S/C23H18N2O5/c1-14-19(8-5-9-20(14)25(28)29)24-23(15-10-12-16(30-2)13-11-15)21(26)17-6-3-4-7-18(17)22(23)27/h3-13,24H,1-2H3. The van der Waals surface area contributed by atoms with Gasteiger partial charge in [0.25, 0.3) is 5.69 Å². The van der Waals surface area contributed by atoms with Gasteiger partial charge >= 0.3 is 0 Å². The van der Waals surface area contributed by atoms with E-state index in [1.165, 1.54) is 19.2 Å². The highest BCUT2D eigenvalue weighted by molar-refractivity contribution is 6.34. The van der Waals surface area contributed by atoms with E-state index < -0.39 is 22.0 Å². The zero-order chi connectivity index (χ0) is 21.5. The van der Waals surface area contributed by atoms with Crippen LogP contribution in [0, 0.1) is 17.0 Å². The van der Waals surface area contributed by atoms with Crippen molar-refractivity contribution in [3.05, 3.63) is 99.1 Å². The number of fused-ring (bicyclic) bond motifs is 1. The minimum Gasteiger partial charge on any atom is -0.497 e. The third-order valence-corrected chi connectivity index (χ3v) is 5.44. The Morgan fingerprint density at radius 2 is 1.50 bits per heavy atom. The highest BCUT2D eigenvalue weighted by atomic mass is 16.6. The van der Waals surface area contributed by atoms with Crippen molar-refractivity contribution in [1.29, 1.82) is 0 Å². The van der Waals surface area contributed by atoms with E-state index in [9.17, 15) is 19.7 Å². The second-order valence-electron chi connectivity index (χ2n) is 7.01. The highest BCUT2D eigenvalue weighted by Gasteiger charge is 2.54. The van der Waals surface area contributed by atoms with Crippen LogP contribution in [0.4, 0.5) is 11.4 Å². The van der Waals surface area contributed by atoms with Gasteiger partial charge in [-0.3, -0.25) is 19.7 Å². The lowest BCUT2D eigenvalue weighted by atomic mass is 9.84. The number of nitrogens with zero attached hydrogens (tertiary/aromatic N) is 1. The highest BCUT2D eigenvalue weighted by Crippen LogP contribution is 2.42. The third kappa shape index (κ3) is 2.75. The molecule has 7 heteroatoms. The summed E-state index contributed by atoms with van der Waals surface area (Å²) in [6.07, 6.45) is 0. The second-order valence-corrected chi connectivity index (χ2v) is 7.01. The largest absolute Gasteiger partial charge is 0.497 e. The average molecular weight is 402 g/mol. The number of methoxy groups -OCH3 is 1.